The van der Waals surface area contributed by atoms with Gasteiger partial charge in [-0.1, -0.05) is 39.3 Å². The van der Waals surface area contributed by atoms with Crippen molar-refractivity contribution in [2.75, 3.05) is 10.2 Å². The summed E-state index contributed by atoms with van der Waals surface area (Å²) in [7, 11) is 5.14. The monoisotopic (exact) mass is 332 g/mol. The normalized spacial score (nSPS) is 10.8. The number of benzene rings is 2. The standard InChI is InChI=1S/C18H26N2P2/c1-4-5-13-10-14(19-21)6-8-16(13)17-9-7-15(20-22)11-18(17)12(2)3/h6-12,19-20H,4-5,21-22H2,1-3H3. The average Bonchev–Trinajstić information content (AvgIpc) is 2.54. The molecule has 2 aromatic rings. The second-order valence-electron chi connectivity index (χ2n) is 5.87. The largest absolute Gasteiger partial charge is 0.369 e. The summed E-state index contributed by atoms with van der Waals surface area (Å²) in [6.07, 6.45) is 2.24. The van der Waals surface area contributed by atoms with E-state index in [0.29, 0.717) is 5.92 Å². The molecular formula is C18H26N2P2. The molecule has 0 saturated heterocycles. The summed E-state index contributed by atoms with van der Waals surface area (Å²) in [5, 5.41) is 6.33. The van der Waals surface area contributed by atoms with Crippen LogP contribution in [0.15, 0.2) is 36.4 Å². The summed E-state index contributed by atoms with van der Waals surface area (Å²) >= 11 is 0. The maximum atomic E-state index is 3.16. The van der Waals surface area contributed by atoms with Crippen LogP contribution in [-0.2, 0) is 6.42 Å². The Balaban J connectivity index is 2.59. The maximum absolute atomic E-state index is 3.16. The molecule has 0 aromatic heterocycles. The minimum absolute atomic E-state index is 0.488. The van der Waals surface area contributed by atoms with Crippen LogP contribution in [0.3, 0.4) is 0 Å². The summed E-state index contributed by atoms with van der Waals surface area (Å²) < 4.78 is 0. The first kappa shape index (κ1) is 17.3. The number of aryl methyl sites for hydroxylation is 1. The quantitative estimate of drug-likeness (QED) is 0.650. The van der Waals surface area contributed by atoms with Gasteiger partial charge in [-0.2, -0.15) is 0 Å². The van der Waals surface area contributed by atoms with Gasteiger partial charge in [0.1, 0.15) is 0 Å². The smallest absolute Gasteiger partial charge is 0.0372 e. The molecular weight excluding hydrogens is 306 g/mol. The van der Waals surface area contributed by atoms with Crippen LogP contribution in [0.2, 0.25) is 0 Å². The van der Waals surface area contributed by atoms with Crippen LogP contribution >= 0.6 is 18.8 Å². The average molecular weight is 332 g/mol. The van der Waals surface area contributed by atoms with Crippen LogP contribution in [0, 0.1) is 0 Å². The van der Waals surface area contributed by atoms with Crippen molar-refractivity contribution in [1.29, 1.82) is 0 Å². The minimum atomic E-state index is 0.488. The Bertz CT molecular complexity index is 639. The molecule has 0 fully saturated rings. The van der Waals surface area contributed by atoms with Crippen LogP contribution in [0.25, 0.3) is 11.1 Å². The van der Waals surface area contributed by atoms with E-state index in [-0.39, 0.29) is 0 Å². The van der Waals surface area contributed by atoms with E-state index >= 15 is 0 Å². The first-order valence-corrected chi connectivity index (χ1v) is 8.96. The molecule has 2 unspecified atom stereocenters. The molecule has 0 bridgehead atoms. The van der Waals surface area contributed by atoms with Gasteiger partial charge >= 0.3 is 0 Å². The van der Waals surface area contributed by atoms with Crippen LogP contribution in [-0.4, -0.2) is 0 Å². The fraction of sp³-hybridized carbons (Fsp3) is 0.333. The predicted molar refractivity (Wildman–Crippen MR) is 107 cm³/mol. The second-order valence-corrected chi connectivity index (χ2v) is 6.44. The number of rotatable bonds is 6. The van der Waals surface area contributed by atoms with Crippen molar-refractivity contribution in [3.8, 4) is 11.1 Å². The third kappa shape index (κ3) is 3.80. The summed E-state index contributed by atoms with van der Waals surface area (Å²) in [4.78, 5) is 0. The fourth-order valence-electron chi connectivity index (χ4n) is 2.80. The molecule has 118 valence electrons. The van der Waals surface area contributed by atoms with E-state index in [1.54, 1.807) is 0 Å². The molecule has 0 radical (unpaired) electrons. The zero-order chi connectivity index (χ0) is 16.1. The highest BCUT2D eigenvalue weighted by Crippen LogP contribution is 2.35. The minimum Gasteiger partial charge on any atom is -0.369 e. The summed E-state index contributed by atoms with van der Waals surface area (Å²) in [6, 6.07) is 13.3. The lowest BCUT2D eigenvalue weighted by Crippen LogP contribution is -1.98. The molecule has 2 aromatic carbocycles. The van der Waals surface area contributed by atoms with Crippen molar-refractivity contribution in [3.05, 3.63) is 47.5 Å². The van der Waals surface area contributed by atoms with Gasteiger partial charge in [-0.3, -0.25) is 0 Å². The topological polar surface area (TPSA) is 24.1 Å². The van der Waals surface area contributed by atoms with Crippen LogP contribution in [0.5, 0.6) is 0 Å². The van der Waals surface area contributed by atoms with Crippen LogP contribution in [0.1, 0.15) is 44.2 Å². The number of hydrogen-bond donors (Lipinski definition) is 2. The number of anilines is 2. The maximum Gasteiger partial charge on any atom is 0.0372 e. The molecule has 22 heavy (non-hydrogen) atoms. The Morgan fingerprint density at radius 2 is 1.50 bits per heavy atom. The van der Waals surface area contributed by atoms with E-state index in [0.717, 1.165) is 24.2 Å². The Morgan fingerprint density at radius 1 is 0.909 bits per heavy atom. The Kier molecular flexibility index (Phi) is 6.24. The van der Waals surface area contributed by atoms with Gasteiger partial charge in [0, 0.05) is 11.4 Å². The predicted octanol–water partition coefficient (Wildman–Crippen LogP) is 5.83. The molecule has 2 N–H and O–H groups in total. The lowest BCUT2D eigenvalue weighted by molar-refractivity contribution is 0.868. The van der Waals surface area contributed by atoms with Crippen LogP contribution < -0.4 is 10.2 Å². The molecule has 4 heteroatoms. The van der Waals surface area contributed by atoms with Gasteiger partial charge in [0.05, 0.1) is 0 Å². The highest BCUT2D eigenvalue weighted by molar-refractivity contribution is 7.18. The molecule has 2 rings (SSSR count). The Morgan fingerprint density at radius 3 is 2.05 bits per heavy atom. The molecule has 0 aliphatic rings. The molecule has 2 nitrogen and oxygen atoms in total. The Labute approximate surface area is 139 Å². The van der Waals surface area contributed by atoms with E-state index in [9.17, 15) is 0 Å². The van der Waals surface area contributed by atoms with Gasteiger partial charge in [0.15, 0.2) is 0 Å². The first-order chi connectivity index (χ1) is 10.6. The van der Waals surface area contributed by atoms with Crippen molar-refractivity contribution in [3.63, 3.8) is 0 Å². The molecule has 0 heterocycles. The van der Waals surface area contributed by atoms with Crippen molar-refractivity contribution in [1.82, 2.24) is 0 Å². The van der Waals surface area contributed by atoms with E-state index in [1.165, 1.54) is 22.3 Å². The highest BCUT2D eigenvalue weighted by atomic mass is 31.0. The molecule has 0 aliphatic heterocycles. The van der Waals surface area contributed by atoms with Gasteiger partial charge in [-0.15, -0.1) is 0 Å². The summed E-state index contributed by atoms with van der Waals surface area (Å²) in [6.45, 7) is 6.74. The van der Waals surface area contributed by atoms with E-state index in [4.69, 9.17) is 0 Å². The summed E-state index contributed by atoms with van der Waals surface area (Å²) in [5.74, 6) is 0.488. The van der Waals surface area contributed by atoms with Gasteiger partial charge < -0.3 is 10.2 Å². The van der Waals surface area contributed by atoms with E-state index in [2.05, 4.69) is 86.1 Å². The third-order valence-corrected chi connectivity index (χ3v) is 4.59. The van der Waals surface area contributed by atoms with Crippen molar-refractivity contribution in [2.45, 2.75) is 39.5 Å². The number of hydrogen-bond acceptors (Lipinski definition) is 2. The van der Waals surface area contributed by atoms with Gasteiger partial charge in [0.25, 0.3) is 0 Å². The Hall–Kier alpha value is -1.10. The molecule has 0 amide bonds. The highest BCUT2D eigenvalue weighted by Gasteiger charge is 2.13. The molecule has 0 aliphatic carbocycles. The van der Waals surface area contributed by atoms with Crippen LogP contribution in [0.4, 0.5) is 11.4 Å². The van der Waals surface area contributed by atoms with E-state index in [1.807, 2.05) is 0 Å². The zero-order valence-electron chi connectivity index (χ0n) is 13.6. The third-order valence-electron chi connectivity index (χ3n) is 3.92. The SMILES string of the molecule is CCCc1cc(NP)ccc1-c1ccc(NP)cc1C(C)C. The van der Waals surface area contributed by atoms with E-state index < -0.39 is 0 Å². The summed E-state index contributed by atoms with van der Waals surface area (Å²) in [5.41, 5.74) is 7.77. The first-order valence-electron chi connectivity index (χ1n) is 7.81. The molecule has 0 saturated carbocycles. The van der Waals surface area contributed by atoms with Crippen molar-refractivity contribution < 1.29 is 0 Å². The van der Waals surface area contributed by atoms with Crippen molar-refractivity contribution in [2.24, 2.45) is 0 Å². The molecule has 0 spiro atoms. The van der Waals surface area contributed by atoms with Gasteiger partial charge in [-0.05, 0) is 77.6 Å². The van der Waals surface area contributed by atoms with Crippen molar-refractivity contribution >= 4 is 30.2 Å². The van der Waals surface area contributed by atoms with Gasteiger partial charge in [0.2, 0.25) is 0 Å². The fourth-order valence-corrected chi connectivity index (χ4v) is 3.16. The lowest BCUT2D eigenvalue weighted by Gasteiger charge is -2.18. The number of nitrogens with one attached hydrogen (secondary N) is 2. The van der Waals surface area contributed by atoms with Gasteiger partial charge in [-0.25, -0.2) is 0 Å². The molecule has 2 atom stereocenters. The second kappa shape index (κ2) is 7.95. The lowest BCUT2D eigenvalue weighted by atomic mass is 9.88. The zero-order valence-corrected chi connectivity index (χ0v) is 15.9.